The van der Waals surface area contributed by atoms with Gasteiger partial charge in [0.1, 0.15) is 5.60 Å². The minimum absolute atomic E-state index is 0.0709. The molecule has 5 heteroatoms. The summed E-state index contributed by atoms with van der Waals surface area (Å²) in [7, 11) is 0. The van der Waals surface area contributed by atoms with Crippen molar-refractivity contribution in [2.45, 2.75) is 51.6 Å². The molecular formula is C20H31N2O3+. The summed E-state index contributed by atoms with van der Waals surface area (Å²) in [4.78, 5) is 24.0. The summed E-state index contributed by atoms with van der Waals surface area (Å²) in [6.07, 6.45) is 4.11. The normalized spacial score (nSPS) is 15.6. The Kier molecular flexibility index (Phi) is 7.44. The highest BCUT2D eigenvalue weighted by Gasteiger charge is 2.35. The van der Waals surface area contributed by atoms with Crippen molar-refractivity contribution >= 4 is 11.9 Å². The highest BCUT2D eigenvalue weighted by Crippen LogP contribution is 2.28. The van der Waals surface area contributed by atoms with Crippen LogP contribution in [0.4, 0.5) is 0 Å². The van der Waals surface area contributed by atoms with Crippen molar-refractivity contribution in [1.29, 1.82) is 0 Å². The van der Waals surface area contributed by atoms with Crippen molar-refractivity contribution in [1.82, 2.24) is 5.32 Å². The van der Waals surface area contributed by atoms with Gasteiger partial charge in [-0.3, -0.25) is 9.59 Å². The van der Waals surface area contributed by atoms with Crippen LogP contribution in [0.15, 0.2) is 30.3 Å². The first-order chi connectivity index (χ1) is 12.0. The molecule has 5 nitrogen and oxygen atoms in total. The van der Waals surface area contributed by atoms with E-state index in [1.165, 1.54) is 0 Å². The van der Waals surface area contributed by atoms with Gasteiger partial charge in [-0.1, -0.05) is 18.2 Å². The van der Waals surface area contributed by atoms with E-state index in [0.717, 1.165) is 38.8 Å². The molecule has 0 aliphatic carbocycles. The van der Waals surface area contributed by atoms with E-state index < -0.39 is 0 Å². The summed E-state index contributed by atoms with van der Waals surface area (Å²) < 4.78 is 5.73. The maximum Gasteiger partial charge on any atom is 0.306 e. The second-order valence-electron chi connectivity index (χ2n) is 7.30. The molecule has 0 saturated carbocycles. The first-order valence-electron chi connectivity index (χ1n) is 9.36. The lowest BCUT2D eigenvalue weighted by molar-refractivity contribution is -0.665. The van der Waals surface area contributed by atoms with E-state index >= 15 is 0 Å². The predicted octanol–water partition coefficient (Wildman–Crippen LogP) is 1.88. The van der Waals surface area contributed by atoms with Gasteiger partial charge in [-0.25, -0.2) is 0 Å². The Morgan fingerprint density at radius 2 is 1.84 bits per heavy atom. The number of esters is 1. The summed E-state index contributed by atoms with van der Waals surface area (Å²) in [5, 5.41) is 5.20. The summed E-state index contributed by atoms with van der Waals surface area (Å²) >= 11 is 0. The van der Waals surface area contributed by atoms with Gasteiger partial charge in [0.05, 0.1) is 13.1 Å². The Hall–Kier alpha value is -1.88. The van der Waals surface area contributed by atoms with Crippen molar-refractivity contribution in [3.8, 4) is 0 Å². The number of nitrogens with two attached hydrogens (primary N) is 1. The Morgan fingerprint density at radius 3 is 2.52 bits per heavy atom. The summed E-state index contributed by atoms with van der Waals surface area (Å²) in [5.74, 6) is 0.249. The number of carbonyl (C=O) groups excluding carboxylic acids is 2. The maximum atomic E-state index is 12.1. The molecule has 0 radical (unpaired) electrons. The van der Waals surface area contributed by atoms with Crippen molar-refractivity contribution < 1.29 is 19.6 Å². The molecule has 25 heavy (non-hydrogen) atoms. The fourth-order valence-corrected chi connectivity index (χ4v) is 3.34. The molecule has 2 rings (SSSR count). The van der Waals surface area contributed by atoms with Crippen LogP contribution in [-0.2, 0) is 9.53 Å². The largest absolute Gasteiger partial charge is 0.459 e. The average molecular weight is 347 g/mol. The number of nitrogens with one attached hydrogen (secondary N) is 1. The first-order valence-corrected chi connectivity index (χ1v) is 9.36. The molecule has 0 atom stereocenters. The third-order valence-corrected chi connectivity index (χ3v) is 4.93. The molecule has 1 fully saturated rings. The van der Waals surface area contributed by atoms with Gasteiger partial charge in [0.25, 0.3) is 5.91 Å². The third-order valence-electron chi connectivity index (χ3n) is 4.93. The molecule has 138 valence electrons. The maximum absolute atomic E-state index is 12.1. The van der Waals surface area contributed by atoms with Crippen molar-refractivity contribution in [3.63, 3.8) is 0 Å². The minimum Gasteiger partial charge on any atom is -0.459 e. The number of piperidine rings is 1. The monoisotopic (exact) mass is 347 g/mol. The van der Waals surface area contributed by atoms with Crippen LogP contribution >= 0.6 is 0 Å². The lowest BCUT2D eigenvalue weighted by Gasteiger charge is -2.35. The second-order valence-corrected chi connectivity index (χ2v) is 7.30. The van der Waals surface area contributed by atoms with E-state index in [4.69, 9.17) is 4.74 Å². The Balaban J connectivity index is 1.61. The van der Waals surface area contributed by atoms with Gasteiger partial charge in [-0.15, -0.1) is 0 Å². The minimum atomic E-state index is -0.382. The van der Waals surface area contributed by atoms with E-state index in [1.54, 1.807) is 12.1 Å². The molecule has 1 aliphatic rings. The molecule has 1 saturated heterocycles. The number of ether oxygens (including phenoxy) is 1. The number of amides is 1. The topological polar surface area (TPSA) is 72.0 Å². The predicted molar refractivity (Wildman–Crippen MR) is 97.2 cm³/mol. The molecule has 0 aromatic heterocycles. The Morgan fingerprint density at radius 1 is 1.16 bits per heavy atom. The zero-order valence-electron chi connectivity index (χ0n) is 15.4. The van der Waals surface area contributed by atoms with E-state index in [9.17, 15) is 9.59 Å². The highest BCUT2D eigenvalue weighted by atomic mass is 16.6. The van der Waals surface area contributed by atoms with Gasteiger partial charge in [0.15, 0.2) is 0 Å². The number of benzene rings is 1. The van der Waals surface area contributed by atoms with Crippen LogP contribution in [0, 0.1) is 5.92 Å². The molecule has 1 aliphatic heterocycles. The average Bonchev–Trinajstić information content (AvgIpc) is 2.62. The van der Waals surface area contributed by atoms with Gasteiger partial charge in [-0.2, -0.15) is 0 Å². The number of hydrogen-bond acceptors (Lipinski definition) is 3. The van der Waals surface area contributed by atoms with Crippen LogP contribution in [0.5, 0.6) is 0 Å². The van der Waals surface area contributed by atoms with E-state index in [-0.39, 0.29) is 17.5 Å². The van der Waals surface area contributed by atoms with Crippen molar-refractivity contribution in [2.75, 3.05) is 19.6 Å². The van der Waals surface area contributed by atoms with Crippen molar-refractivity contribution in [2.24, 2.45) is 5.92 Å². The quantitative estimate of drug-likeness (QED) is 0.557. The van der Waals surface area contributed by atoms with E-state index in [0.29, 0.717) is 24.4 Å². The van der Waals surface area contributed by atoms with Gasteiger partial charge in [0, 0.05) is 37.3 Å². The smallest absolute Gasteiger partial charge is 0.306 e. The molecule has 3 N–H and O–H groups in total. The van der Waals surface area contributed by atoms with Crippen LogP contribution < -0.4 is 10.6 Å². The van der Waals surface area contributed by atoms with Crippen molar-refractivity contribution in [3.05, 3.63) is 35.9 Å². The number of hydrogen-bond donors (Lipinski definition) is 2. The molecular weight excluding hydrogens is 316 g/mol. The Bertz CT molecular complexity index is 551. The van der Waals surface area contributed by atoms with Crippen LogP contribution in [0.2, 0.25) is 0 Å². The highest BCUT2D eigenvalue weighted by molar-refractivity contribution is 5.94. The van der Waals surface area contributed by atoms with Gasteiger partial charge in [-0.05, 0) is 38.8 Å². The molecule has 1 amide bonds. The zero-order valence-corrected chi connectivity index (χ0v) is 15.4. The SMILES string of the molecule is CC(C)(OC(=O)CCCCNC(=O)c1ccccc1)C1CC[NH2+]CC1. The Labute approximate surface area is 150 Å². The van der Waals surface area contributed by atoms with Crippen LogP contribution in [0.1, 0.15) is 56.3 Å². The molecule has 1 heterocycles. The van der Waals surface area contributed by atoms with Crippen LogP contribution in [0.3, 0.4) is 0 Å². The lowest BCUT2D eigenvalue weighted by atomic mass is 9.83. The molecule has 0 unspecified atom stereocenters. The number of rotatable bonds is 8. The zero-order chi connectivity index (χ0) is 18.1. The first kappa shape index (κ1) is 19.4. The lowest BCUT2D eigenvalue weighted by Crippen LogP contribution is -2.86. The molecule has 1 aromatic carbocycles. The van der Waals surface area contributed by atoms with E-state index in [1.807, 2.05) is 32.0 Å². The summed E-state index contributed by atoms with van der Waals surface area (Å²) in [5.41, 5.74) is 0.278. The number of unbranched alkanes of at least 4 members (excludes halogenated alkanes) is 1. The fraction of sp³-hybridized carbons (Fsp3) is 0.600. The van der Waals surface area contributed by atoms with Crippen LogP contribution in [0.25, 0.3) is 0 Å². The van der Waals surface area contributed by atoms with Gasteiger partial charge in [0.2, 0.25) is 0 Å². The molecule has 0 spiro atoms. The summed E-state index contributed by atoms with van der Waals surface area (Å²) in [6, 6.07) is 9.15. The van der Waals surface area contributed by atoms with E-state index in [2.05, 4.69) is 10.6 Å². The van der Waals surface area contributed by atoms with Gasteiger partial charge >= 0.3 is 5.97 Å². The van der Waals surface area contributed by atoms with Gasteiger partial charge < -0.3 is 15.4 Å². The molecule has 1 aromatic rings. The van der Waals surface area contributed by atoms with Crippen LogP contribution in [-0.4, -0.2) is 37.1 Å². The second kappa shape index (κ2) is 9.56. The summed E-state index contributed by atoms with van der Waals surface area (Å²) in [6.45, 7) is 6.87. The standard InChI is InChI=1S/C20H30N2O3/c1-20(2,17-11-14-21-15-12-17)25-18(23)10-6-7-13-22-19(24)16-8-4-3-5-9-16/h3-5,8-9,17,21H,6-7,10-15H2,1-2H3,(H,22,24)/p+1. The number of carbonyl (C=O) groups is 2. The molecule has 0 bridgehead atoms. The fourth-order valence-electron chi connectivity index (χ4n) is 3.34. The third kappa shape index (κ3) is 6.50. The number of quaternary nitrogens is 1.